The number of aromatic nitrogens is 2. The molecule has 28 heavy (non-hydrogen) atoms. The summed E-state index contributed by atoms with van der Waals surface area (Å²) >= 11 is 0. The van der Waals surface area contributed by atoms with Gasteiger partial charge in [-0.05, 0) is 38.0 Å². The molecule has 0 aliphatic carbocycles. The molecule has 1 atom stereocenters. The van der Waals surface area contributed by atoms with Crippen LogP contribution in [0, 0.1) is 0 Å². The van der Waals surface area contributed by atoms with Gasteiger partial charge in [-0.1, -0.05) is 0 Å². The minimum Gasteiger partial charge on any atom is -0.379 e. The Morgan fingerprint density at radius 2 is 2.18 bits per heavy atom. The van der Waals surface area contributed by atoms with E-state index in [4.69, 9.17) is 4.74 Å². The number of imidazole rings is 1. The number of ether oxygens (including phenoxy) is 1. The van der Waals surface area contributed by atoms with Gasteiger partial charge in [0.15, 0.2) is 0 Å². The molecule has 0 radical (unpaired) electrons. The summed E-state index contributed by atoms with van der Waals surface area (Å²) in [7, 11) is -0.502. The molecule has 154 valence electrons. The Balaban J connectivity index is 1.76. The maximum absolute atomic E-state index is 12.4. The molecule has 3 rings (SSSR count). The average Bonchev–Trinajstić information content (AvgIpc) is 3.03. The Labute approximate surface area is 165 Å². The van der Waals surface area contributed by atoms with Gasteiger partial charge >= 0.3 is 0 Å². The Bertz CT molecular complexity index is 946. The summed E-state index contributed by atoms with van der Waals surface area (Å²) < 4.78 is 33.3. The van der Waals surface area contributed by atoms with Gasteiger partial charge < -0.3 is 14.6 Å². The number of hydrogen-bond donors (Lipinski definition) is 1. The van der Waals surface area contributed by atoms with Crippen molar-refractivity contribution in [3.05, 3.63) is 24.0 Å². The van der Waals surface area contributed by atoms with Crippen molar-refractivity contribution >= 4 is 27.0 Å². The van der Waals surface area contributed by atoms with E-state index >= 15 is 0 Å². The van der Waals surface area contributed by atoms with E-state index in [1.165, 1.54) is 18.4 Å². The van der Waals surface area contributed by atoms with Crippen molar-refractivity contribution in [2.24, 2.45) is 0 Å². The SMILES string of the molecule is CCn1c(CCC(=O)NC2CCCOC2)nc2cc(S(=O)(=O)N(C)C)ccc21. The van der Waals surface area contributed by atoms with E-state index in [1.807, 2.05) is 11.5 Å². The molecule has 9 heteroatoms. The molecule has 1 aromatic heterocycles. The minimum atomic E-state index is -3.51. The third-order valence-electron chi connectivity index (χ3n) is 4.99. The molecule has 2 aromatic rings. The second kappa shape index (κ2) is 8.59. The zero-order valence-electron chi connectivity index (χ0n) is 16.6. The van der Waals surface area contributed by atoms with E-state index in [2.05, 4.69) is 10.3 Å². The highest BCUT2D eigenvalue weighted by Crippen LogP contribution is 2.22. The number of amides is 1. The van der Waals surface area contributed by atoms with Crippen LogP contribution in [0.3, 0.4) is 0 Å². The number of carbonyl (C=O) groups is 1. The highest BCUT2D eigenvalue weighted by Gasteiger charge is 2.20. The molecule has 1 saturated heterocycles. The monoisotopic (exact) mass is 408 g/mol. The third-order valence-corrected chi connectivity index (χ3v) is 6.81. The molecule has 1 aliphatic heterocycles. The number of aryl methyl sites for hydroxylation is 2. The van der Waals surface area contributed by atoms with E-state index in [0.29, 0.717) is 31.5 Å². The van der Waals surface area contributed by atoms with Gasteiger partial charge in [-0.2, -0.15) is 0 Å². The first-order valence-electron chi connectivity index (χ1n) is 9.61. The predicted molar refractivity (Wildman–Crippen MR) is 107 cm³/mol. The molecule has 2 heterocycles. The summed E-state index contributed by atoms with van der Waals surface area (Å²) in [6.45, 7) is 4.04. The van der Waals surface area contributed by atoms with Gasteiger partial charge in [-0.3, -0.25) is 4.79 Å². The Morgan fingerprint density at radius 3 is 2.82 bits per heavy atom. The van der Waals surface area contributed by atoms with Crippen molar-refractivity contribution in [1.29, 1.82) is 0 Å². The van der Waals surface area contributed by atoms with Crippen LogP contribution in [0.4, 0.5) is 0 Å². The fourth-order valence-electron chi connectivity index (χ4n) is 3.45. The highest BCUT2D eigenvalue weighted by atomic mass is 32.2. The van der Waals surface area contributed by atoms with Crippen LogP contribution in [-0.2, 0) is 32.5 Å². The van der Waals surface area contributed by atoms with Crippen LogP contribution in [0.2, 0.25) is 0 Å². The van der Waals surface area contributed by atoms with Crippen LogP contribution in [0.1, 0.15) is 32.0 Å². The molecule has 0 bridgehead atoms. The second-order valence-corrected chi connectivity index (χ2v) is 9.34. The van der Waals surface area contributed by atoms with Crippen molar-refractivity contribution in [1.82, 2.24) is 19.2 Å². The number of benzene rings is 1. The van der Waals surface area contributed by atoms with Crippen molar-refractivity contribution in [2.75, 3.05) is 27.3 Å². The topological polar surface area (TPSA) is 93.5 Å². The van der Waals surface area contributed by atoms with Crippen molar-refractivity contribution in [2.45, 2.75) is 50.1 Å². The fraction of sp³-hybridized carbons (Fsp3) is 0.579. The van der Waals surface area contributed by atoms with Crippen molar-refractivity contribution < 1.29 is 17.9 Å². The first kappa shape index (κ1) is 20.8. The third kappa shape index (κ3) is 4.37. The van der Waals surface area contributed by atoms with E-state index < -0.39 is 10.0 Å². The van der Waals surface area contributed by atoms with E-state index in [1.54, 1.807) is 18.2 Å². The first-order chi connectivity index (χ1) is 13.3. The lowest BCUT2D eigenvalue weighted by molar-refractivity contribution is -0.122. The molecule has 1 fully saturated rings. The summed E-state index contributed by atoms with van der Waals surface area (Å²) in [6, 6.07) is 5.07. The first-order valence-corrected chi connectivity index (χ1v) is 11.1. The Kier molecular flexibility index (Phi) is 6.36. The predicted octanol–water partition coefficient (Wildman–Crippen LogP) is 1.53. The van der Waals surface area contributed by atoms with E-state index in [9.17, 15) is 13.2 Å². The number of nitrogens with one attached hydrogen (secondary N) is 1. The molecule has 1 aliphatic rings. The number of fused-ring (bicyclic) bond motifs is 1. The van der Waals surface area contributed by atoms with E-state index in [-0.39, 0.29) is 16.8 Å². The number of sulfonamides is 1. The van der Waals surface area contributed by atoms with Crippen LogP contribution < -0.4 is 5.32 Å². The molecule has 1 aromatic carbocycles. The number of nitrogens with zero attached hydrogens (tertiary/aromatic N) is 3. The lowest BCUT2D eigenvalue weighted by Gasteiger charge is -2.23. The molecule has 0 saturated carbocycles. The van der Waals surface area contributed by atoms with Gasteiger partial charge in [0.25, 0.3) is 0 Å². The van der Waals surface area contributed by atoms with E-state index in [0.717, 1.165) is 30.8 Å². The van der Waals surface area contributed by atoms with Crippen LogP contribution in [0.25, 0.3) is 11.0 Å². The van der Waals surface area contributed by atoms with Crippen LogP contribution in [0.5, 0.6) is 0 Å². The normalized spacial score (nSPS) is 17.9. The second-order valence-electron chi connectivity index (χ2n) is 7.19. The van der Waals surface area contributed by atoms with Gasteiger partial charge in [0, 0.05) is 40.1 Å². The lowest BCUT2D eigenvalue weighted by atomic mass is 10.1. The lowest BCUT2D eigenvalue weighted by Crippen LogP contribution is -2.40. The van der Waals surface area contributed by atoms with Gasteiger partial charge in [-0.25, -0.2) is 17.7 Å². The fourth-order valence-corrected chi connectivity index (χ4v) is 4.38. The molecular formula is C19H28N4O4S. The Morgan fingerprint density at radius 1 is 1.39 bits per heavy atom. The van der Waals surface area contributed by atoms with Gasteiger partial charge in [0.2, 0.25) is 15.9 Å². The zero-order chi connectivity index (χ0) is 20.3. The molecule has 0 spiro atoms. The molecular weight excluding hydrogens is 380 g/mol. The van der Waals surface area contributed by atoms with Gasteiger partial charge in [0.1, 0.15) is 5.82 Å². The minimum absolute atomic E-state index is 0.0129. The van der Waals surface area contributed by atoms with Gasteiger partial charge in [-0.15, -0.1) is 0 Å². The smallest absolute Gasteiger partial charge is 0.242 e. The van der Waals surface area contributed by atoms with Crippen LogP contribution in [0.15, 0.2) is 23.1 Å². The standard InChI is InChI=1S/C19H28N4O4S/c1-4-23-17-8-7-15(28(25,26)22(2)3)12-16(17)21-18(23)9-10-19(24)20-14-6-5-11-27-13-14/h7-8,12,14H,4-6,9-11,13H2,1-3H3,(H,20,24). The maximum Gasteiger partial charge on any atom is 0.242 e. The summed E-state index contributed by atoms with van der Waals surface area (Å²) in [5, 5.41) is 3.02. The summed E-state index contributed by atoms with van der Waals surface area (Å²) in [5.41, 5.74) is 1.50. The molecule has 1 unspecified atom stereocenters. The molecule has 8 nitrogen and oxygen atoms in total. The zero-order valence-corrected chi connectivity index (χ0v) is 17.5. The summed E-state index contributed by atoms with van der Waals surface area (Å²) in [6.07, 6.45) is 2.75. The van der Waals surface area contributed by atoms with Crippen LogP contribution >= 0.6 is 0 Å². The largest absolute Gasteiger partial charge is 0.379 e. The van der Waals surface area contributed by atoms with Crippen molar-refractivity contribution in [3.63, 3.8) is 0 Å². The van der Waals surface area contributed by atoms with Crippen LogP contribution in [-0.4, -0.2) is 61.5 Å². The number of carbonyl (C=O) groups excluding carboxylic acids is 1. The summed E-state index contributed by atoms with van der Waals surface area (Å²) in [5.74, 6) is 0.771. The quantitative estimate of drug-likeness (QED) is 0.750. The van der Waals surface area contributed by atoms with Crippen molar-refractivity contribution in [3.8, 4) is 0 Å². The Hall–Kier alpha value is -1.97. The molecule has 1 N–H and O–H groups in total. The number of hydrogen-bond acceptors (Lipinski definition) is 5. The summed E-state index contributed by atoms with van der Waals surface area (Å²) in [4.78, 5) is 17.1. The maximum atomic E-state index is 12.4. The highest BCUT2D eigenvalue weighted by molar-refractivity contribution is 7.89. The number of rotatable bonds is 7. The van der Waals surface area contributed by atoms with Gasteiger partial charge in [0.05, 0.1) is 28.6 Å². The molecule has 1 amide bonds. The average molecular weight is 409 g/mol.